The number of benzene rings is 1. The molecule has 0 spiro atoms. The fourth-order valence-electron chi connectivity index (χ4n) is 2.85. The molecular formula is C18H27NO5S. The molecule has 25 heavy (non-hydrogen) atoms. The zero-order chi connectivity index (χ0) is 18.5. The van der Waals surface area contributed by atoms with Gasteiger partial charge in [0, 0.05) is 6.04 Å². The number of rotatable bonds is 6. The smallest absolute Gasteiger partial charge is 0.407 e. The van der Waals surface area contributed by atoms with Gasteiger partial charge in [0.2, 0.25) is 0 Å². The summed E-state index contributed by atoms with van der Waals surface area (Å²) >= 11 is 0. The molecule has 0 radical (unpaired) electrons. The van der Waals surface area contributed by atoms with Gasteiger partial charge in [-0.3, -0.25) is 4.18 Å². The molecule has 2 rings (SSSR count). The van der Waals surface area contributed by atoms with Crippen molar-refractivity contribution in [2.45, 2.75) is 57.4 Å². The summed E-state index contributed by atoms with van der Waals surface area (Å²) < 4.78 is 34.5. The molecule has 1 fully saturated rings. The van der Waals surface area contributed by atoms with Crippen LogP contribution in [0.1, 0.15) is 45.6 Å². The summed E-state index contributed by atoms with van der Waals surface area (Å²) in [6, 6.07) is 8.96. The van der Waals surface area contributed by atoms with Gasteiger partial charge in [0.25, 0.3) is 10.1 Å². The third kappa shape index (κ3) is 7.44. The number of carbonyl (C=O) groups is 1. The van der Waals surface area contributed by atoms with E-state index in [-0.39, 0.29) is 24.3 Å². The van der Waals surface area contributed by atoms with Gasteiger partial charge in [0.05, 0.1) is 6.61 Å². The molecule has 0 heterocycles. The van der Waals surface area contributed by atoms with E-state index in [1.165, 1.54) is 0 Å². The van der Waals surface area contributed by atoms with E-state index in [1.54, 1.807) is 24.3 Å². The molecule has 1 aromatic rings. The van der Waals surface area contributed by atoms with Gasteiger partial charge in [-0.15, -0.1) is 0 Å². The van der Waals surface area contributed by atoms with Crippen molar-refractivity contribution in [1.82, 2.24) is 5.32 Å². The molecule has 1 saturated carbocycles. The molecule has 7 heteroatoms. The highest BCUT2D eigenvalue weighted by Crippen LogP contribution is 2.27. The number of amides is 1. The molecule has 2 atom stereocenters. The van der Waals surface area contributed by atoms with Gasteiger partial charge in [-0.1, -0.05) is 30.3 Å². The van der Waals surface area contributed by atoms with E-state index in [1.807, 2.05) is 26.8 Å². The van der Waals surface area contributed by atoms with E-state index in [0.717, 1.165) is 12.8 Å². The normalized spacial score (nSPS) is 21.1. The zero-order valence-corrected chi connectivity index (χ0v) is 15.8. The van der Waals surface area contributed by atoms with Crippen LogP contribution in [0.2, 0.25) is 0 Å². The van der Waals surface area contributed by atoms with Crippen LogP contribution in [0.15, 0.2) is 30.3 Å². The van der Waals surface area contributed by atoms with Crippen molar-refractivity contribution in [2.24, 2.45) is 5.92 Å². The second kappa shape index (κ2) is 8.19. The van der Waals surface area contributed by atoms with Crippen LogP contribution < -0.4 is 5.32 Å². The Bertz CT molecular complexity index is 666. The van der Waals surface area contributed by atoms with E-state index in [0.29, 0.717) is 12.0 Å². The van der Waals surface area contributed by atoms with E-state index in [9.17, 15) is 13.2 Å². The highest BCUT2D eigenvalue weighted by molar-refractivity contribution is 7.85. The summed E-state index contributed by atoms with van der Waals surface area (Å²) in [5.41, 5.74) is 0.176. The van der Waals surface area contributed by atoms with Gasteiger partial charge in [0.1, 0.15) is 11.4 Å². The minimum Gasteiger partial charge on any atom is -0.444 e. The summed E-state index contributed by atoms with van der Waals surface area (Å²) in [4.78, 5) is 11.8. The minimum atomic E-state index is -3.60. The van der Waals surface area contributed by atoms with Gasteiger partial charge in [0.15, 0.2) is 0 Å². The van der Waals surface area contributed by atoms with Crippen LogP contribution in [0, 0.1) is 5.92 Å². The monoisotopic (exact) mass is 369 g/mol. The van der Waals surface area contributed by atoms with Crippen LogP contribution in [0.4, 0.5) is 4.79 Å². The molecule has 0 aromatic heterocycles. The lowest BCUT2D eigenvalue weighted by molar-refractivity contribution is 0.0503. The summed E-state index contributed by atoms with van der Waals surface area (Å²) in [6.07, 6.45) is 1.88. The SMILES string of the molecule is CC(C)(C)OC(=O)N[C@@H]1CC[C@H](COS(=O)(=O)Cc2ccccc2)C1. The maximum absolute atomic E-state index is 12.1. The highest BCUT2D eigenvalue weighted by Gasteiger charge is 2.29. The first kappa shape index (κ1) is 19.7. The third-order valence-electron chi connectivity index (χ3n) is 3.93. The van der Waals surface area contributed by atoms with Gasteiger partial charge in [-0.25, -0.2) is 4.79 Å². The number of ether oxygens (including phenoxy) is 1. The van der Waals surface area contributed by atoms with Crippen molar-refractivity contribution < 1.29 is 22.1 Å². The highest BCUT2D eigenvalue weighted by atomic mass is 32.2. The molecule has 0 bridgehead atoms. The topological polar surface area (TPSA) is 81.7 Å². The van der Waals surface area contributed by atoms with Crippen molar-refractivity contribution in [3.63, 3.8) is 0 Å². The van der Waals surface area contributed by atoms with Crippen LogP contribution in [0.25, 0.3) is 0 Å². The van der Waals surface area contributed by atoms with E-state index in [4.69, 9.17) is 8.92 Å². The van der Waals surface area contributed by atoms with Crippen LogP contribution in [0.5, 0.6) is 0 Å². The van der Waals surface area contributed by atoms with Gasteiger partial charge < -0.3 is 10.1 Å². The second-order valence-electron chi connectivity index (χ2n) is 7.49. The lowest BCUT2D eigenvalue weighted by atomic mass is 10.1. The number of hydrogen-bond donors (Lipinski definition) is 1. The second-order valence-corrected chi connectivity index (χ2v) is 9.13. The Hall–Kier alpha value is -1.60. The Morgan fingerprint density at radius 1 is 1.20 bits per heavy atom. The molecule has 1 amide bonds. The first-order valence-corrected chi connectivity index (χ1v) is 10.1. The van der Waals surface area contributed by atoms with Crippen molar-refractivity contribution >= 4 is 16.2 Å². The van der Waals surface area contributed by atoms with Crippen LogP contribution in [-0.4, -0.2) is 32.8 Å². The molecule has 1 N–H and O–H groups in total. The Labute approximate surface area is 150 Å². The van der Waals surface area contributed by atoms with E-state index in [2.05, 4.69) is 5.32 Å². The van der Waals surface area contributed by atoms with Gasteiger partial charge in [-0.05, 0) is 51.5 Å². The lowest BCUT2D eigenvalue weighted by Crippen LogP contribution is -2.38. The van der Waals surface area contributed by atoms with E-state index < -0.39 is 21.8 Å². The number of carbonyl (C=O) groups excluding carboxylic acids is 1. The summed E-state index contributed by atoms with van der Waals surface area (Å²) in [5, 5.41) is 2.84. The predicted octanol–water partition coefficient (Wildman–Crippen LogP) is 3.23. The fraction of sp³-hybridized carbons (Fsp3) is 0.611. The maximum atomic E-state index is 12.1. The molecular weight excluding hydrogens is 342 g/mol. The third-order valence-corrected chi connectivity index (χ3v) is 5.11. The number of nitrogens with one attached hydrogen (secondary N) is 1. The van der Waals surface area contributed by atoms with Crippen LogP contribution in [-0.2, 0) is 24.8 Å². The molecule has 0 unspecified atom stereocenters. The molecule has 0 aliphatic heterocycles. The number of alkyl carbamates (subject to hydrolysis) is 1. The largest absolute Gasteiger partial charge is 0.444 e. The zero-order valence-electron chi connectivity index (χ0n) is 15.0. The fourth-order valence-corrected chi connectivity index (χ4v) is 3.94. The first-order chi connectivity index (χ1) is 11.6. The molecule has 140 valence electrons. The maximum Gasteiger partial charge on any atom is 0.407 e. The van der Waals surface area contributed by atoms with Crippen LogP contribution in [0.3, 0.4) is 0 Å². The quantitative estimate of drug-likeness (QED) is 0.779. The molecule has 1 aromatic carbocycles. The standard InChI is InChI=1S/C18H27NO5S/c1-18(2,3)24-17(20)19-16-10-9-15(11-16)12-23-25(21,22)13-14-7-5-4-6-8-14/h4-8,15-16H,9-13H2,1-3H3,(H,19,20)/t15-,16+/m0/s1. The Morgan fingerprint density at radius 2 is 1.88 bits per heavy atom. The Morgan fingerprint density at radius 3 is 2.52 bits per heavy atom. The molecule has 1 aliphatic carbocycles. The van der Waals surface area contributed by atoms with Crippen molar-refractivity contribution in [2.75, 3.05) is 6.61 Å². The number of hydrogen-bond acceptors (Lipinski definition) is 5. The molecule has 6 nitrogen and oxygen atoms in total. The van der Waals surface area contributed by atoms with Gasteiger partial charge in [-0.2, -0.15) is 8.42 Å². The Kier molecular flexibility index (Phi) is 6.46. The van der Waals surface area contributed by atoms with Crippen molar-refractivity contribution in [3.05, 3.63) is 35.9 Å². The average Bonchev–Trinajstić information content (AvgIpc) is 2.91. The summed E-state index contributed by atoms with van der Waals surface area (Å²) in [6.45, 7) is 5.60. The molecule has 0 saturated heterocycles. The van der Waals surface area contributed by atoms with Crippen molar-refractivity contribution in [3.8, 4) is 0 Å². The average molecular weight is 369 g/mol. The first-order valence-electron chi connectivity index (χ1n) is 8.53. The van der Waals surface area contributed by atoms with Crippen LogP contribution >= 0.6 is 0 Å². The summed E-state index contributed by atoms with van der Waals surface area (Å²) in [7, 11) is -3.60. The van der Waals surface area contributed by atoms with E-state index >= 15 is 0 Å². The Balaban J connectivity index is 1.74. The predicted molar refractivity (Wildman–Crippen MR) is 95.5 cm³/mol. The molecule has 1 aliphatic rings. The minimum absolute atomic E-state index is 0.000257. The van der Waals surface area contributed by atoms with Crippen molar-refractivity contribution in [1.29, 1.82) is 0 Å². The lowest BCUT2D eigenvalue weighted by Gasteiger charge is -2.21. The summed E-state index contributed by atoms with van der Waals surface area (Å²) in [5.74, 6) is -0.00866. The van der Waals surface area contributed by atoms with Gasteiger partial charge >= 0.3 is 6.09 Å².